The van der Waals surface area contributed by atoms with Gasteiger partial charge in [-0.1, -0.05) is 29.4 Å². The molecule has 2 aromatic rings. The number of hydrogen-bond acceptors (Lipinski definition) is 5. The van der Waals surface area contributed by atoms with Crippen LogP contribution in [0.15, 0.2) is 28.8 Å². The lowest BCUT2D eigenvalue weighted by Crippen LogP contribution is -1.96. The average Bonchev–Trinajstić information content (AvgIpc) is 3.10. The molecule has 0 radical (unpaired) electrons. The maximum absolute atomic E-state index is 5.64. The first kappa shape index (κ1) is 11.4. The van der Waals surface area contributed by atoms with Crippen molar-refractivity contribution in [3.8, 4) is 11.4 Å². The van der Waals surface area contributed by atoms with E-state index < -0.39 is 0 Å². The summed E-state index contributed by atoms with van der Waals surface area (Å²) in [5.41, 5.74) is 7.57. The van der Waals surface area contributed by atoms with Crippen molar-refractivity contribution in [3.63, 3.8) is 0 Å². The SMILES string of the molecule is NCc1nc(-c2ccc(C3CCCO3)cc2)no1. The molecule has 1 aliphatic rings. The third kappa shape index (κ3) is 2.14. The van der Waals surface area contributed by atoms with Gasteiger partial charge in [0.1, 0.15) is 0 Å². The Morgan fingerprint density at radius 1 is 1.28 bits per heavy atom. The van der Waals surface area contributed by atoms with Crippen LogP contribution in [0.3, 0.4) is 0 Å². The number of rotatable bonds is 3. The van der Waals surface area contributed by atoms with E-state index in [0.717, 1.165) is 25.0 Å². The van der Waals surface area contributed by atoms with Gasteiger partial charge in [-0.2, -0.15) is 4.98 Å². The Balaban J connectivity index is 1.81. The quantitative estimate of drug-likeness (QED) is 0.895. The Morgan fingerprint density at radius 2 is 2.11 bits per heavy atom. The lowest BCUT2D eigenvalue weighted by molar-refractivity contribution is 0.112. The monoisotopic (exact) mass is 245 g/mol. The molecule has 1 aromatic heterocycles. The van der Waals surface area contributed by atoms with Crippen LogP contribution >= 0.6 is 0 Å². The molecule has 2 N–H and O–H groups in total. The van der Waals surface area contributed by atoms with Crippen molar-refractivity contribution in [2.75, 3.05) is 6.61 Å². The van der Waals surface area contributed by atoms with E-state index in [2.05, 4.69) is 22.3 Å². The largest absolute Gasteiger partial charge is 0.374 e. The molecule has 2 heterocycles. The standard InChI is InChI=1S/C13H15N3O2/c14-8-12-15-13(16-18-12)10-5-3-9(4-6-10)11-2-1-7-17-11/h3-6,11H,1-2,7-8,14H2. The fourth-order valence-corrected chi connectivity index (χ4v) is 2.14. The summed E-state index contributed by atoms with van der Waals surface area (Å²) in [5, 5.41) is 3.89. The van der Waals surface area contributed by atoms with E-state index >= 15 is 0 Å². The second kappa shape index (κ2) is 4.88. The molecule has 0 bridgehead atoms. The summed E-state index contributed by atoms with van der Waals surface area (Å²) in [7, 11) is 0. The Morgan fingerprint density at radius 3 is 2.72 bits per heavy atom. The molecule has 1 unspecified atom stereocenters. The zero-order valence-electron chi connectivity index (χ0n) is 10.0. The molecule has 0 spiro atoms. The smallest absolute Gasteiger partial charge is 0.240 e. The van der Waals surface area contributed by atoms with Crippen molar-refractivity contribution in [1.29, 1.82) is 0 Å². The maximum atomic E-state index is 5.64. The topological polar surface area (TPSA) is 74.2 Å². The number of hydrogen-bond donors (Lipinski definition) is 1. The molecule has 5 heteroatoms. The summed E-state index contributed by atoms with van der Waals surface area (Å²) >= 11 is 0. The molecule has 94 valence electrons. The van der Waals surface area contributed by atoms with Gasteiger partial charge in [0.25, 0.3) is 0 Å². The third-order valence-corrected chi connectivity index (χ3v) is 3.11. The van der Waals surface area contributed by atoms with Crippen molar-refractivity contribution < 1.29 is 9.26 Å². The van der Waals surface area contributed by atoms with Gasteiger partial charge in [0.15, 0.2) is 0 Å². The van der Waals surface area contributed by atoms with Crippen LogP contribution in [-0.4, -0.2) is 16.7 Å². The van der Waals surface area contributed by atoms with E-state index in [1.165, 1.54) is 5.56 Å². The zero-order chi connectivity index (χ0) is 12.4. The average molecular weight is 245 g/mol. The third-order valence-electron chi connectivity index (χ3n) is 3.11. The fourth-order valence-electron chi connectivity index (χ4n) is 2.14. The van der Waals surface area contributed by atoms with Crippen LogP contribution in [0.4, 0.5) is 0 Å². The van der Waals surface area contributed by atoms with Crippen LogP contribution in [0.25, 0.3) is 11.4 Å². The first-order valence-electron chi connectivity index (χ1n) is 6.11. The number of benzene rings is 1. The van der Waals surface area contributed by atoms with Gasteiger partial charge in [-0.25, -0.2) is 0 Å². The summed E-state index contributed by atoms with van der Waals surface area (Å²) in [6, 6.07) is 8.10. The van der Waals surface area contributed by atoms with E-state index in [1.807, 2.05) is 12.1 Å². The normalized spacial score (nSPS) is 19.3. The number of aromatic nitrogens is 2. The van der Waals surface area contributed by atoms with E-state index in [-0.39, 0.29) is 12.6 Å². The Bertz CT molecular complexity index is 515. The summed E-state index contributed by atoms with van der Waals surface area (Å²) in [4.78, 5) is 4.19. The van der Waals surface area contributed by atoms with Crippen LogP contribution in [0.5, 0.6) is 0 Å². The van der Waals surface area contributed by atoms with Crippen molar-refractivity contribution in [2.24, 2.45) is 5.73 Å². The minimum Gasteiger partial charge on any atom is -0.374 e. The van der Waals surface area contributed by atoms with Gasteiger partial charge in [0.05, 0.1) is 12.6 Å². The molecule has 1 aromatic carbocycles. The Labute approximate surface area is 105 Å². The Hall–Kier alpha value is -1.72. The number of ether oxygens (including phenoxy) is 1. The van der Waals surface area contributed by atoms with Crippen LogP contribution in [-0.2, 0) is 11.3 Å². The lowest BCUT2D eigenvalue weighted by Gasteiger charge is -2.09. The Kier molecular flexibility index (Phi) is 3.08. The molecule has 0 amide bonds. The van der Waals surface area contributed by atoms with Gasteiger partial charge >= 0.3 is 0 Å². The molecule has 1 aliphatic heterocycles. The minimum atomic E-state index is 0.240. The van der Waals surface area contributed by atoms with Crippen molar-refractivity contribution in [2.45, 2.75) is 25.5 Å². The van der Waals surface area contributed by atoms with Crippen molar-refractivity contribution in [3.05, 3.63) is 35.7 Å². The fraction of sp³-hybridized carbons (Fsp3) is 0.385. The highest BCUT2D eigenvalue weighted by Gasteiger charge is 2.17. The van der Waals surface area contributed by atoms with Crippen molar-refractivity contribution >= 4 is 0 Å². The predicted octanol–water partition coefficient (Wildman–Crippen LogP) is 2.05. The molecule has 5 nitrogen and oxygen atoms in total. The van der Waals surface area contributed by atoms with Crippen LogP contribution in [0.1, 0.15) is 30.4 Å². The van der Waals surface area contributed by atoms with E-state index in [0.29, 0.717) is 11.7 Å². The molecule has 1 saturated heterocycles. The predicted molar refractivity (Wildman–Crippen MR) is 65.6 cm³/mol. The molecule has 18 heavy (non-hydrogen) atoms. The van der Waals surface area contributed by atoms with Crippen molar-refractivity contribution in [1.82, 2.24) is 10.1 Å². The molecule has 1 fully saturated rings. The summed E-state index contributed by atoms with van der Waals surface area (Å²) in [6.07, 6.45) is 2.47. The van der Waals surface area contributed by atoms with E-state index in [4.69, 9.17) is 15.0 Å². The first-order valence-corrected chi connectivity index (χ1v) is 6.11. The lowest BCUT2D eigenvalue weighted by atomic mass is 10.0. The van der Waals surface area contributed by atoms with Gasteiger partial charge in [-0.15, -0.1) is 0 Å². The highest BCUT2D eigenvalue weighted by Crippen LogP contribution is 2.29. The summed E-state index contributed by atoms with van der Waals surface area (Å²) in [5.74, 6) is 1.03. The summed E-state index contributed by atoms with van der Waals surface area (Å²) < 4.78 is 10.6. The molecular formula is C13H15N3O2. The van der Waals surface area contributed by atoms with Gasteiger partial charge in [-0.3, -0.25) is 0 Å². The van der Waals surface area contributed by atoms with Crippen LogP contribution < -0.4 is 5.73 Å². The number of nitrogens with two attached hydrogens (primary N) is 1. The molecule has 0 saturated carbocycles. The first-order chi connectivity index (χ1) is 8.86. The second-order valence-corrected chi connectivity index (χ2v) is 4.34. The molecular weight excluding hydrogens is 230 g/mol. The summed E-state index contributed by atoms with van der Waals surface area (Å²) in [6.45, 7) is 1.12. The van der Waals surface area contributed by atoms with Crippen LogP contribution in [0.2, 0.25) is 0 Å². The van der Waals surface area contributed by atoms with Crippen LogP contribution in [0, 0.1) is 0 Å². The zero-order valence-corrected chi connectivity index (χ0v) is 10.0. The van der Waals surface area contributed by atoms with E-state index in [1.54, 1.807) is 0 Å². The number of nitrogens with zero attached hydrogens (tertiary/aromatic N) is 2. The highest BCUT2D eigenvalue weighted by atomic mass is 16.5. The maximum Gasteiger partial charge on any atom is 0.240 e. The molecule has 1 atom stereocenters. The minimum absolute atomic E-state index is 0.240. The highest BCUT2D eigenvalue weighted by molar-refractivity contribution is 5.54. The van der Waals surface area contributed by atoms with E-state index in [9.17, 15) is 0 Å². The van der Waals surface area contributed by atoms with Gasteiger partial charge < -0.3 is 15.0 Å². The molecule has 3 rings (SSSR count). The second-order valence-electron chi connectivity index (χ2n) is 4.34. The van der Waals surface area contributed by atoms with Gasteiger partial charge in [0, 0.05) is 12.2 Å². The van der Waals surface area contributed by atoms with Gasteiger partial charge in [0.2, 0.25) is 11.7 Å². The molecule has 0 aliphatic carbocycles. The van der Waals surface area contributed by atoms with Gasteiger partial charge in [-0.05, 0) is 18.4 Å².